The van der Waals surface area contributed by atoms with Gasteiger partial charge < -0.3 is 0 Å². The number of benzene rings is 1. The van der Waals surface area contributed by atoms with Crippen LogP contribution in [0.2, 0.25) is 20.4 Å². The summed E-state index contributed by atoms with van der Waals surface area (Å²) in [6.45, 7) is 0. The van der Waals surface area contributed by atoms with Crippen molar-refractivity contribution in [2.45, 2.75) is 0 Å². The smallest absolute Gasteiger partial charge is 0.255 e. The van der Waals surface area contributed by atoms with Gasteiger partial charge in [0.25, 0.3) is 5.56 Å². The monoisotopic (exact) mass is 358 g/mol. The van der Waals surface area contributed by atoms with Gasteiger partial charge in [0.1, 0.15) is 10.3 Å². The molecule has 106 valence electrons. The maximum absolute atomic E-state index is 12.3. The normalized spacial score (nSPS) is 11.0. The molecule has 0 amide bonds. The third-order valence-electron chi connectivity index (χ3n) is 2.97. The van der Waals surface area contributed by atoms with Crippen LogP contribution in [0.1, 0.15) is 0 Å². The second kappa shape index (κ2) is 5.50. The fraction of sp³-hybridized carbons (Fsp3) is 0. The Hall–Kier alpha value is -1.26. The standard InChI is InChI=1S/C14H6Cl4N2O/c15-8-2-1-3-9(16)13(8)20-10-6-11(17)19-14(18)7(10)4-5-12(20)21/h1-6H. The van der Waals surface area contributed by atoms with Gasteiger partial charge in [-0.3, -0.25) is 9.36 Å². The van der Waals surface area contributed by atoms with Crippen molar-refractivity contribution in [3.05, 3.63) is 67.1 Å². The molecule has 3 aromatic rings. The molecule has 0 aliphatic heterocycles. The van der Waals surface area contributed by atoms with Gasteiger partial charge in [0.05, 0.1) is 21.2 Å². The maximum atomic E-state index is 12.3. The van der Waals surface area contributed by atoms with Crippen LogP contribution in [0.25, 0.3) is 16.6 Å². The highest BCUT2D eigenvalue weighted by Crippen LogP contribution is 2.31. The number of para-hydroxylation sites is 1. The molecule has 0 aliphatic carbocycles. The van der Waals surface area contributed by atoms with Crippen molar-refractivity contribution >= 4 is 57.3 Å². The lowest BCUT2D eigenvalue weighted by Crippen LogP contribution is -2.18. The van der Waals surface area contributed by atoms with Crippen molar-refractivity contribution in [1.82, 2.24) is 9.55 Å². The minimum absolute atomic E-state index is 0.176. The molecule has 1 aromatic carbocycles. The second-order valence-electron chi connectivity index (χ2n) is 4.25. The zero-order chi connectivity index (χ0) is 15.1. The molecule has 0 spiro atoms. The summed E-state index contributed by atoms with van der Waals surface area (Å²) in [7, 11) is 0. The Labute approximate surface area is 139 Å². The Morgan fingerprint density at radius 3 is 2.29 bits per heavy atom. The first-order valence-corrected chi connectivity index (χ1v) is 7.32. The van der Waals surface area contributed by atoms with Gasteiger partial charge in [-0.15, -0.1) is 0 Å². The maximum Gasteiger partial charge on any atom is 0.255 e. The second-order valence-corrected chi connectivity index (χ2v) is 5.81. The average molecular weight is 360 g/mol. The highest BCUT2D eigenvalue weighted by atomic mass is 35.5. The summed E-state index contributed by atoms with van der Waals surface area (Å²) in [6, 6.07) is 9.51. The van der Waals surface area contributed by atoms with E-state index >= 15 is 0 Å². The van der Waals surface area contributed by atoms with Crippen LogP contribution in [0.3, 0.4) is 0 Å². The first-order valence-electron chi connectivity index (χ1n) is 5.81. The Morgan fingerprint density at radius 2 is 1.62 bits per heavy atom. The van der Waals surface area contributed by atoms with Crippen molar-refractivity contribution in [2.75, 3.05) is 0 Å². The van der Waals surface area contributed by atoms with E-state index in [1.165, 1.54) is 10.6 Å². The number of pyridine rings is 2. The van der Waals surface area contributed by atoms with E-state index in [1.54, 1.807) is 30.3 Å². The third-order valence-corrected chi connectivity index (χ3v) is 4.07. The zero-order valence-corrected chi connectivity index (χ0v) is 13.3. The summed E-state index contributed by atoms with van der Waals surface area (Å²) < 4.78 is 1.37. The molecule has 0 bridgehead atoms. The van der Waals surface area contributed by atoms with E-state index in [0.717, 1.165) is 0 Å². The van der Waals surface area contributed by atoms with Crippen LogP contribution >= 0.6 is 46.4 Å². The van der Waals surface area contributed by atoms with Crippen molar-refractivity contribution in [3.8, 4) is 5.69 Å². The van der Waals surface area contributed by atoms with E-state index in [9.17, 15) is 4.79 Å². The molecule has 2 aromatic heterocycles. The SMILES string of the molecule is O=c1ccc2c(Cl)nc(Cl)cc2n1-c1c(Cl)cccc1Cl. The number of fused-ring (bicyclic) bond motifs is 1. The fourth-order valence-electron chi connectivity index (χ4n) is 2.10. The number of nitrogens with zero attached hydrogens (tertiary/aromatic N) is 2. The lowest BCUT2D eigenvalue weighted by atomic mass is 10.2. The van der Waals surface area contributed by atoms with Crippen molar-refractivity contribution in [2.24, 2.45) is 0 Å². The van der Waals surface area contributed by atoms with Crippen LogP contribution in [0, 0.1) is 0 Å². The van der Waals surface area contributed by atoms with Crippen LogP contribution in [-0.4, -0.2) is 9.55 Å². The fourth-order valence-corrected chi connectivity index (χ4v) is 3.15. The van der Waals surface area contributed by atoms with Crippen LogP contribution in [0.5, 0.6) is 0 Å². The number of halogens is 4. The van der Waals surface area contributed by atoms with E-state index in [4.69, 9.17) is 46.4 Å². The lowest BCUT2D eigenvalue weighted by molar-refractivity contribution is 1.04. The van der Waals surface area contributed by atoms with Crippen molar-refractivity contribution < 1.29 is 0 Å². The van der Waals surface area contributed by atoms with Crippen molar-refractivity contribution in [3.63, 3.8) is 0 Å². The van der Waals surface area contributed by atoms with Gasteiger partial charge in [-0.05, 0) is 18.2 Å². The molecular formula is C14H6Cl4N2O. The molecule has 3 nitrogen and oxygen atoms in total. The van der Waals surface area contributed by atoms with Gasteiger partial charge in [-0.25, -0.2) is 4.98 Å². The van der Waals surface area contributed by atoms with E-state index < -0.39 is 0 Å². The van der Waals surface area contributed by atoms with E-state index in [-0.39, 0.29) is 15.9 Å². The first-order chi connectivity index (χ1) is 9.99. The minimum Gasteiger partial charge on any atom is -0.274 e. The molecule has 3 rings (SSSR count). The Bertz CT molecular complexity index is 900. The van der Waals surface area contributed by atoms with Gasteiger partial charge >= 0.3 is 0 Å². The van der Waals surface area contributed by atoms with E-state index in [0.29, 0.717) is 26.6 Å². The van der Waals surface area contributed by atoms with Crippen LogP contribution < -0.4 is 5.56 Å². The largest absolute Gasteiger partial charge is 0.274 e. The summed E-state index contributed by atoms with van der Waals surface area (Å²) in [4.78, 5) is 16.3. The Kier molecular flexibility index (Phi) is 3.84. The summed E-state index contributed by atoms with van der Waals surface area (Å²) in [5, 5.41) is 1.66. The first kappa shape index (κ1) is 14.7. The average Bonchev–Trinajstić information content (AvgIpc) is 2.40. The lowest BCUT2D eigenvalue weighted by Gasteiger charge is -2.13. The van der Waals surface area contributed by atoms with Gasteiger partial charge in [-0.1, -0.05) is 52.5 Å². The number of rotatable bonds is 1. The molecule has 0 saturated heterocycles. The molecule has 0 saturated carbocycles. The van der Waals surface area contributed by atoms with E-state index in [2.05, 4.69) is 4.98 Å². The quantitative estimate of drug-likeness (QED) is 0.573. The number of aromatic nitrogens is 2. The van der Waals surface area contributed by atoms with Gasteiger partial charge in [0, 0.05) is 17.5 Å². The molecule has 0 aliphatic rings. The van der Waals surface area contributed by atoms with Crippen LogP contribution in [0.4, 0.5) is 0 Å². The van der Waals surface area contributed by atoms with Crippen LogP contribution in [0.15, 0.2) is 41.2 Å². The van der Waals surface area contributed by atoms with Gasteiger partial charge in [0.15, 0.2) is 0 Å². The molecule has 21 heavy (non-hydrogen) atoms. The summed E-state index contributed by atoms with van der Waals surface area (Å²) >= 11 is 24.4. The van der Waals surface area contributed by atoms with Gasteiger partial charge in [-0.2, -0.15) is 0 Å². The summed E-state index contributed by atoms with van der Waals surface area (Å²) in [5.41, 5.74) is 0.577. The molecule has 2 heterocycles. The third kappa shape index (κ3) is 2.51. The highest BCUT2D eigenvalue weighted by molar-refractivity contribution is 6.38. The molecule has 0 atom stereocenters. The van der Waals surface area contributed by atoms with Gasteiger partial charge in [0.2, 0.25) is 0 Å². The molecule has 0 N–H and O–H groups in total. The summed E-state index contributed by atoms with van der Waals surface area (Å²) in [6.07, 6.45) is 0. The highest BCUT2D eigenvalue weighted by Gasteiger charge is 2.15. The molecule has 0 fully saturated rings. The molecule has 7 heteroatoms. The van der Waals surface area contributed by atoms with Crippen LogP contribution in [-0.2, 0) is 0 Å². The molecular weight excluding hydrogens is 354 g/mol. The number of hydrogen-bond acceptors (Lipinski definition) is 2. The minimum atomic E-state index is -0.296. The molecule has 0 radical (unpaired) electrons. The predicted molar refractivity (Wildman–Crippen MR) is 87.4 cm³/mol. The topological polar surface area (TPSA) is 34.9 Å². The van der Waals surface area contributed by atoms with E-state index in [1.807, 2.05) is 0 Å². The molecule has 0 unspecified atom stereocenters. The zero-order valence-electron chi connectivity index (χ0n) is 10.3. The summed E-state index contributed by atoms with van der Waals surface area (Å²) in [5.74, 6) is 0. The Balaban J connectivity index is 2.53. The Morgan fingerprint density at radius 1 is 0.952 bits per heavy atom. The van der Waals surface area contributed by atoms with Crippen molar-refractivity contribution in [1.29, 1.82) is 0 Å². The predicted octanol–water partition coefficient (Wildman–Crippen LogP) is 5.00. The number of hydrogen-bond donors (Lipinski definition) is 0.